The van der Waals surface area contributed by atoms with Gasteiger partial charge in [-0.3, -0.25) is 9.59 Å². The van der Waals surface area contributed by atoms with Crippen LogP contribution in [0, 0.1) is 5.92 Å². The first-order valence-electron chi connectivity index (χ1n) is 4.89. The number of carboxylic acid groups (broad SMARTS) is 1. The van der Waals surface area contributed by atoms with E-state index in [2.05, 4.69) is 9.72 Å². The van der Waals surface area contributed by atoms with Crippen molar-refractivity contribution in [2.75, 3.05) is 14.2 Å². The zero-order valence-electron chi connectivity index (χ0n) is 9.54. The van der Waals surface area contributed by atoms with Crippen molar-refractivity contribution in [3.05, 3.63) is 23.9 Å². The Balaban J connectivity index is 2.85. The van der Waals surface area contributed by atoms with Crippen LogP contribution in [0.25, 0.3) is 0 Å². The van der Waals surface area contributed by atoms with Crippen LogP contribution in [0.5, 0.6) is 5.88 Å². The van der Waals surface area contributed by atoms with Crippen LogP contribution in [0.2, 0.25) is 0 Å². The van der Waals surface area contributed by atoms with Gasteiger partial charge in [0.15, 0.2) is 5.92 Å². The van der Waals surface area contributed by atoms with Crippen molar-refractivity contribution in [1.29, 1.82) is 0 Å². The van der Waals surface area contributed by atoms with Crippen molar-refractivity contribution in [2.45, 2.75) is 6.42 Å². The van der Waals surface area contributed by atoms with Gasteiger partial charge in [0.05, 0.1) is 14.2 Å². The van der Waals surface area contributed by atoms with Crippen LogP contribution in [0.15, 0.2) is 18.2 Å². The van der Waals surface area contributed by atoms with Crippen LogP contribution in [0.3, 0.4) is 0 Å². The van der Waals surface area contributed by atoms with Gasteiger partial charge in [-0.2, -0.15) is 0 Å². The quantitative estimate of drug-likeness (QED) is 0.595. The largest absolute Gasteiger partial charge is 0.481 e. The van der Waals surface area contributed by atoms with Gasteiger partial charge < -0.3 is 14.6 Å². The molecule has 1 atom stereocenters. The normalized spacial score (nSPS) is 11.6. The molecule has 0 amide bonds. The van der Waals surface area contributed by atoms with Gasteiger partial charge in [-0.05, 0) is 6.07 Å². The molecule has 0 spiro atoms. The number of aromatic nitrogens is 1. The van der Waals surface area contributed by atoms with E-state index in [0.717, 1.165) is 7.11 Å². The maximum Gasteiger partial charge on any atom is 0.320 e. The van der Waals surface area contributed by atoms with Gasteiger partial charge >= 0.3 is 11.9 Å². The molecule has 0 saturated carbocycles. The summed E-state index contributed by atoms with van der Waals surface area (Å²) >= 11 is 0. The summed E-state index contributed by atoms with van der Waals surface area (Å²) in [4.78, 5) is 26.2. The maximum atomic E-state index is 11.3. The summed E-state index contributed by atoms with van der Waals surface area (Å²) in [5.41, 5.74) is 0.460. The van der Waals surface area contributed by atoms with Gasteiger partial charge in [0.25, 0.3) is 0 Å². The Hall–Kier alpha value is -2.11. The van der Waals surface area contributed by atoms with E-state index in [9.17, 15) is 9.59 Å². The highest BCUT2D eigenvalue weighted by Gasteiger charge is 2.28. The Morgan fingerprint density at radius 3 is 2.65 bits per heavy atom. The Morgan fingerprint density at radius 2 is 2.12 bits per heavy atom. The molecular formula is C11H13NO5. The molecule has 1 unspecified atom stereocenters. The van der Waals surface area contributed by atoms with Crippen LogP contribution in [-0.2, 0) is 20.7 Å². The third-order valence-corrected chi connectivity index (χ3v) is 2.19. The first-order chi connectivity index (χ1) is 8.08. The Labute approximate surface area is 98.2 Å². The number of ether oxygens (including phenoxy) is 2. The number of carboxylic acids is 1. The van der Waals surface area contributed by atoms with Crippen LogP contribution < -0.4 is 4.74 Å². The van der Waals surface area contributed by atoms with Crippen molar-refractivity contribution in [1.82, 2.24) is 4.98 Å². The lowest BCUT2D eigenvalue weighted by Gasteiger charge is -2.09. The molecule has 0 saturated heterocycles. The fourth-order valence-corrected chi connectivity index (χ4v) is 1.31. The number of hydrogen-bond acceptors (Lipinski definition) is 5. The van der Waals surface area contributed by atoms with Crippen molar-refractivity contribution in [3.63, 3.8) is 0 Å². The van der Waals surface area contributed by atoms with Crippen molar-refractivity contribution < 1.29 is 24.2 Å². The summed E-state index contributed by atoms with van der Waals surface area (Å²) in [7, 11) is 2.61. The lowest BCUT2D eigenvalue weighted by Crippen LogP contribution is -2.27. The van der Waals surface area contributed by atoms with Gasteiger partial charge in [-0.25, -0.2) is 4.98 Å². The second kappa shape index (κ2) is 5.83. The number of carbonyl (C=O) groups excluding carboxylic acids is 1. The predicted octanol–water partition coefficient (Wildman–Crippen LogP) is 0.506. The Kier molecular flexibility index (Phi) is 4.45. The molecule has 1 aromatic heterocycles. The molecule has 1 rings (SSSR count). The summed E-state index contributed by atoms with van der Waals surface area (Å²) in [5.74, 6) is -2.90. The van der Waals surface area contributed by atoms with Crippen molar-refractivity contribution in [2.24, 2.45) is 5.92 Å². The van der Waals surface area contributed by atoms with E-state index in [0.29, 0.717) is 11.6 Å². The molecule has 1 N–H and O–H groups in total. The molecule has 17 heavy (non-hydrogen) atoms. The third kappa shape index (κ3) is 3.44. The predicted molar refractivity (Wildman–Crippen MR) is 57.6 cm³/mol. The van der Waals surface area contributed by atoms with Gasteiger partial charge in [-0.15, -0.1) is 0 Å². The number of aliphatic carboxylic acids is 1. The molecule has 0 radical (unpaired) electrons. The van der Waals surface area contributed by atoms with E-state index in [1.807, 2.05) is 0 Å². The lowest BCUT2D eigenvalue weighted by atomic mass is 10.0. The average molecular weight is 239 g/mol. The summed E-state index contributed by atoms with van der Waals surface area (Å²) in [6.07, 6.45) is -0.0286. The highest BCUT2D eigenvalue weighted by Crippen LogP contribution is 2.12. The fourth-order valence-electron chi connectivity index (χ4n) is 1.31. The Bertz CT molecular complexity index is 418. The topological polar surface area (TPSA) is 85.7 Å². The molecule has 1 aromatic rings. The minimum Gasteiger partial charge on any atom is -0.481 e. The van der Waals surface area contributed by atoms with Crippen LogP contribution in [-0.4, -0.2) is 36.2 Å². The standard InChI is InChI=1S/C11H13NO5/c1-16-9-5-3-4-7(12-9)6-8(10(13)14)11(15)17-2/h3-5,8H,6H2,1-2H3,(H,13,14). The number of hydrogen-bond donors (Lipinski definition) is 1. The van der Waals surface area contributed by atoms with E-state index in [4.69, 9.17) is 9.84 Å². The highest BCUT2D eigenvalue weighted by molar-refractivity contribution is 5.94. The molecule has 92 valence electrons. The number of pyridine rings is 1. The highest BCUT2D eigenvalue weighted by atomic mass is 16.5. The first kappa shape index (κ1) is 13.0. The second-order valence-electron chi connectivity index (χ2n) is 3.29. The second-order valence-corrected chi connectivity index (χ2v) is 3.29. The van der Waals surface area contributed by atoms with Crippen molar-refractivity contribution in [3.8, 4) is 5.88 Å². The molecule has 6 nitrogen and oxygen atoms in total. The first-order valence-corrected chi connectivity index (χ1v) is 4.89. The van der Waals surface area contributed by atoms with E-state index in [1.165, 1.54) is 7.11 Å². The zero-order chi connectivity index (χ0) is 12.8. The number of rotatable bonds is 5. The van der Waals surface area contributed by atoms with Gasteiger partial charge in [0.2, 0.25) is 5.88 Å². The van der Waals surface area contributed by atoms with Crippen LogP contribution in [0.4, 0.5) is 0 Å². The minimum atomic E-state index is -1.25. The summed E-state index contributed by atoms with van der Waals surface area (Å²) in [6.45, 7) is 0. The van der Waals surface area contributed by atoms with Gasteiger partial charge in [-0.1, -0.05) is 6.07 Å². The van der Waals surface area contributed by atoms with Gasteiger partial charge in [0.1, 0.15) is 0 Å². The number of esters is 1. The summed E-state index contributed by atoms with van der Waals surface area (Å²) < 4.78 is 9.33. The monoisotopic (exact) mass is 239 g/mol. The molecule has 0 aliphatic carbocycles. The van der Waals surface area contributed by atoms with E-state index in [-0.39, 0.29) is 6.42 Å². The Morgan fingerprint density at radius 1 is 1.41 bits per heavy atom. The zero-order valence-corrected chi connectivity index (χ0v) is 9.54. The SMILES string of the molecule is COC(=O)C(Cc1cccc(OC)n1)C(=O)O. The molecule has 0 fully saturated rings. The summed E-state index contributed by atoms with van der Waals surface area (Å²) in [5, 5.41) is 8.90. The molecule has 0 aromatic carbocycles. The van der Waals surface area contributed by atoms with E-state index in [1.54, 1.807) is 18.2 Å². The number of carbonyl (C=O) groups is 2. The molecule has 1 heterocycles. The molecular weight excluding hydrogens is 226 g/mol. The maximum absolute atomic E-state index is 11.3. The van der Waals surface area contributed by atoms with Crippen LogP contribution >= 0.6 is 0 Å². The lowest BCUT2D eigenvalue weighted by molar-refractivity contribution is -0.156. The fraction of sp³-hybridized carbons (Fsp3) is 0.364. The van der Waals surface area contributed by atoms with Crippen molar-refractivity contribution >= 4 is 11.9 Å². The van der Waals surface area contributed by atoms with E-state index < -0.39 is 17.9 Å². The molecule has 0 aliphatic rings. The van der Waals surface area contributed by atoms with Crippen LogP contribution in [0.1, 0.15) is 5.69 Å². The molecule has 6 heteroatoms. The summed E-state index contributed by atoms with van der Waals surface area (Å²) in [6, 6.07) is 4.94. The van der Waals surface area contributed by atoms with E-state index >= 15 is 0 Å². The molecule has 0 bridgehead atoms. The number of nitrogens with zero attached hydrogens (tertiary/aromatic N) is 1. The van der Waals surface area contributed by atoms with Gasteiger partial charge in [0, 0.05) is 18.2 Å². The average Bonchev–Trinajstić information content (AvgIpc) is 2.35. The third-order valence-electron chi connectivity index (χ3n) is 2.19. The minimum absolute atomic E-state index is 0.0286. The molecule has 0 aliphatic heterocycles. The smallest absolute Gasteiger partial charge is 0.320 e. The number of methoxy groups -OCH3 is 2.